The normalized spacial score (nSPS) is 12.9. The number of nitrogens with two attached hydrogens (primary N) is 1. The fourth-order valence-corrected chi connectivity index (χ4v) is 1.71. The van der Waals surface area contributed by atoms with E-state index in [2.05, 4.69) is 13.8 Å². The molecule has 0 heterocycles. The van der Waals surface area contributed by atoms with Gasteiger partial charge in [-0.3, -0.25) is 0 Å². The van der Waals surface area contributed by atoms with Crippen LogP contribution in [-0.2, 0) is 0 Å². The number of ether oxygens (including phenoxy) is 1. The summed E-state index contributed by atoms with van der Waals surface area (Å²) in [7, 11) is 1.46. The van der Waals surface area contributed by atoms with Crippen molar-refractivity contribution in [1.29, 1.82) is 0 Å². The molecule has 0 spiro atoms. The van der Waals surface area contributed by atoms with E-state index in [0.29, 0.717) is 12.5 Å². The predicted octanol–water partition coefficient (Wildman–Crippen LogP) is 2.53. The number of benzene rings is 1. The summed E-state index contributed by atoms with van der Waals surface area (Å²) < 4.78 is 18.3. The molecule has 1 rings (SSSR count). The number of rotatable bonds is 4. The second-order valence-electron chi connectivity index (χ2n) is 3.98. The van der Waals surface area contributed by atoms with Crippen LogP contribution in [0.2, 0.25) is 0 Å². The zero-order valence-electron chi connectivity index (χ0n) is 9.46. The molecule has 0 fully saturated rings. The molecule has 2 N–H and O–H groups in total. The van der Waals surface area contributed by atoms with Crippen LogP contribution < -0.4 is 10.5 Å². The molecule has 84 valence electrons. The minimum absolute atomic E-state index is 0.199. The van der Waals surface area contributed by atoms with E-state index in [1.54, 1.807) is 6.07 Å². The van der Waals surface area contributed by atoms with Crippen molar-refractivity contribution in [3.8, 4) is 5.75 Å². The van der Waals surface area contributed by atoms with Gasteiger partial charge in [0.15, 0.2) is 11.6 Å². The molecule has 0 aliphatic heterocycles. The van der Waals surface area contributed by atoms with Crippen LogP contribution in [-0.4, -0.2) is 13.7 Å². The molecule has 0 radical (unpaired) electrons. The first kappa shape index (κ1) is 12.0. The van der Waals surface area contributed by atoms with Gasteiger partial charge in [-0.05, 0) is 36.1 Å². The lowest BCUT2D eigenvalue weighted by Crippen LogP contribution is -2.17. The van der Waals surface area contributed by atoms with Crippen molar-refractivity contribution in [3.63, 3.8) is 0 Å². The van der Waals surface area contributed by atoms with Crippen LogP contribution >= 0.6 is 0 Å². The summed E-state index contributed by atoms with van der Waals surface area (Å²) in [4.78, 5) is 0. The molecule has 0 saturated carbocycles. The molecule has 0 aliphatic rings. The number of hydrogen-bond acceptors (Lipinski definition) is 2. The summed E-state index contributed by atoms with van der Waals surface area (Å²) in [6, 6.07) is 5.03. The number of hydrogen-bond donors (Lipinski definition) is 1. The van der Waals surface area contributed by atoms with E-state index in [0.717, 1.165) is 5.56 Å². The van der Waals surface area contributed by atoms with Crippen LogP contribution in [0.25, 0.3) is 0 Å². The molecule has 1 aromatic carbocycles. The maximum atomic E-state index is 13.4. The van der Waals surface area contributed by atoms with E-state index in [1.807, 2.05) is 6.07 Å². The zero-order valence-corrected chi connectivity index (χ0v) is 9.46. The topological polar surface area (TPSA) is 35.2 Å². The summed E-state index contributed by atoms with van der Waals surface area (Å²) in [6.45, 7) is 4.70. The molecule has 0 aromatic heterocycles. The molecule has 1 atom stereocenters. The standard InChI is InChI=1S/C12H18FNO/c1-8(2)10(7-14)9-4-5-12(15-3)11(13)6-9/h4-6,8,10H,7,14H2,1-3H3. The van der Waals surface area contributed by atoms with Gasteiger partial charge in [0.1, 0.15) is 0 Å². The maximum Gasteiger partial charge on any atom is 0.165 e. The van der Waals surface area contributed by atoms with Crippen molar-refractivity contribution in [2.75, 3.05) is 13.7 Å². The molecule has 0 saturated heterocycles. The second-order valence-corrected chi connectivity index (χ2v) is 3.98. The van der Waals surface area contributed by atoms with Crippen molar-refractivity contribution >= 4 is 0 Å². The highest BCUT2D eigenvalue weighted by Gasteiger charge is 2.15. The predicted molar refractivity (Wildman–Crippen MR) is 59.6 cm³/mol. The Bertz CT molecular complexity index is 325. The largest absolute Gasteiger partial charge is 0.494 e. The minimum Gasteiger partial charge on any atom is -0.494 e. The van der Waals surface area contributed by atoms with Crippen LogP contribution in [0.5, 0.6) is 5.75 Å². The summed E-state index contributed by atoms with van der Waals surface area (Å²) in [5.74, 6) is 0.556. The maximum absolute atomic E-state index is 13.4. The van der Waals surface area contributed by atoms with Gasteiger partial charge in [-0.2, -0.15) is 0 Å². The Kier molecular flexibility index (Phi) is 4.09. The third kappa shape index (κ3) is 2.69. The Morgan fingerprint density at radius 1 is 1.40 bits per heavy atom. The number of methoxy groups -OCH3 is 1. The third-order valence-electron chi connectivity index (χ3n) is 2.66. The molecule has 0 bridgehead atoms. The first-order valence-electron chi connectivity index (χ1n) is 5.13. The first-order valence-corrected chi connectivity index (χ1v) is 5.13. The fourth-order valence-electron chi connectivity index (χ4n) is 1.71. The Labute approximate surface area is 90.2 Å². The third-order valence-corrected chi connectivity index (χ3v) is 2.66. The average Bonchev–Trinajstić information content (AvgIpc) is 2.18. The van der Waals surface area contributed by atoms with Crippen LogP contribution in [0.4, 0.5) is 4.39 Å². The fraction of sp³-hybridized carbons (Fsp3) is 0.500. The van der Waals surface area contributed by atoms with Crippen molar-refractivity contribution in [2.24, 2.45) is 11.7 Å². The second kappa shape index (κ2) is 5.12. The van der Waals surface area contributed by atoms with Crippen molar-refractivity contribution in [1.82, 2.24) is 0 Å². The summed E-state index contributed by atoms with van der Waals surface area (Å²) in [5.41, 5.74) is 6.61. The van der Waals surface area contributed by atoms with E-state index in [9.17, 15) is 4.39 Å². The van der Waals surface area contributed by atoms with Crippen molar-refractivity contribution in [3.05, 3.63) is 29.6 Å². The SMILES string of the molecule is COc1ccc(C(CN)C(C)C)cc1F. The van der Waals surface area contributed by atoms with Gasteiger partial charge in [0, 0.05) is 0 Å². The van der Waals surface area contributed by atoms with E-state index >= 15 is 0 Å². The van der Waals surface area contributed by atoms with E-state index < -0.39 is 0 Å². The molecule has 2 nitrogen and oxygen atoms in total. The highest BCUT2D eigenvalue weighted by molar-refractivity contribution is 5.31. The lowest BCUT2D eigenvalue weighted by molar-refractivity contribution is 0.385. The summed E-state index contributed by atoms with van der Waals surface area (Å²) >= 11 is 0. The average molecular weight is 211 g/mol. The Hall–Kier alpha value is -1.09. The summed E-state index contributed by atoms with van der Waals surface area (Å²) in [6.07, 6.45) is 0. The Morgan fingerprint density at radius 2 is 2.07 bits per heavy atom. The van der Waals surface area contributed by atoms with Crippen molar-refractivity contribution < 1.29 is 9.13 Å². The Morgan fingerprint density at radius 3 is 2.47 bits per heavy atom. The molecule has 0 amide bonds. The molecular formula is C12H18FNO. The zero-order chi connectivity index (χ0) is 11.4. The molecular weight excluding hydrogens is 193 g/mol. The monoisotopic (exact) mass is 211 g/mol. The van der Waals surface area contributed by atoms with Crippen LogP contribution in [0.1, 0.15) is 25.3 Å². The van der Waals surface area contributed by atoms with Crippen LogP contribution in [0.15, 0.2) is 18.2 Å². The molecule has 15 heavy (non-hydrogen) atoms. The van der Waals surface area contributed by atoms with Gasteiger partial charge in [-0.15, -0.1) is 0 Å². The van der Waals surface area contributed by atoms with Gasteiger partial charge in [-0.25, -0.2) is 4.39 Å². The van der Waals surface area contributed by atoms with Gasteiger partial charge >= 0.3 is 0 Å². The van der Waals surface area contributed by atoms with Gasteiger partial charge in [0.25, 0.3) is 0 Å². The van der Waals surface area contributed by atoms with E-state index in [-0.39, 0.29) is 17.5 Å². The van der Waals surface area contributed by atoms with Crippen LogP contribution in [0.3, 0.4) is 0 Å². The highest BCUT2D eigenvalue weighted by Crippen LogP contribution is 2.27. The van der Waals surface area contributed by atoms with Gasteiger partial charge < -0.3 is 10.5 Å². The van der Waals surface area contributed by atoms with Crippen molar-refractivity contribution in [2.45, 2.75) is 19.8 Å². The minimum atomic E-state index is -0.325. The lowest BCUT2D eigenvalue weighted by atomic mass is 9.88. The highest BCUT2D eigenvalue weighted by atomic mass is 19.1. The number of halogens is 1. The molecule has 3 heteroatoms. The van der Waals surface area contributed by atoms with Gasteiger partial charge in [0.05, 0.1) is 7.11 Å². The van der Waals surface area contributed by atoms with Gasteiger partial charge in [0.2, 0.25) is 0 Å². The Balaban J connectivity index is 3.00. The van der Waals surface area contributed by atoms with E-state index in [4.69, 9.17) is 10.5 Å². The first-order chi connectivity index (χ1) is 7.10. The molecule has 1 aromatic rings. The summed E-state index contributed by atoms with van der Waals surface area (Å²) in [5, 5.41) is 0. The molecule has 0 aliphatic carbocycles. The smallest absolute Gasteiger partial charge is 0.165 e. The lowest BCUT2D eigenvalue weighted by Gasteiger charge is -2.19. The van der Waals surface area contributed by atoms with E-state index in [1.165, 1.54) is 13.2 Å². The quantitative estimate of drug-likeness (QED) is 0.830. The van der Waals surface area contributed by atoms with Crippen LogP contribution in [0, 0.1) is 11.7 Å². The molecule has 1 unspecified atom stereocenters. The van der Waals surface area contributed by atoms with Gasteiger partial charge in [-0.1, -0.05) is 19.9 Å².